The molecule has 6 heteroatoms. The molecular formula is C17H23FN4O. The molecule has 1 atom stereocenters. The Kier molecular flexibility index (Phi) is 5.03. The third kappa shape index (κ3) is 4.55. The molecule has 2 rings (SSSR count). The lowest BCUT2D eigenvalue weighted by Gasteiger charge is -2.19. The van der Waals surface area contributed by atoms with E-state index in [0.717, 1.165) is 5.69 Å². The monoisotopic (exact) mass is 318 g/mol. The Labute approximate surface area is 135 Å². The van der Waals surface area contributed by atoms with Crippen molar-refractivity contribution in [1.82, 2.24) is 15.1 Å². The topological polar surface area (TPSA) is 59.0 Å². The van der Waals surface area contributed by atoms with Crippen LogP contribution >= 0.6 is 0 Å². The maximum atomic E-state index is 13.5. The molecule has 0 saturated heterocycles. The molecule has 1 aromatic carbocycles. The molecule has 0 aliphatic heterocycles. The standard InChI is InChI=1S/C17H23FN4O/c1-12(21-14-10-20-22(11-14)17(2,3)4)16(23)19-9-13-7-5-6-8-15(13)18/h5-8,10-12,21H,9H2,1-4H3,(H,19,23)/t12-/m1/s1. The van der Waals surface area contributed by atoms with Gasteiger partial charge in [-0.05, 0) is 33.8 Å². The molecule has 0 fully saturated rings. The highest BCUT2D eigenvalue weighted by atomic mass is 19.1. The Bertz CT molecular complexity index is 675. The van der Waals surface area contributed by atoms with Crippen LogP contribution in [0.3, 0.4) is 0 Å². The highest BCUT2D eigenvalue weighted by Crippen LogP contribution is 2.16. The molecule has 0 unspecified atom stereocenters. The SMILES string of the molecule is C[C@@H](Nc1cnn(C(C)(C)C)c1)C(=O)NCc1ccccc1F. The number of halogens is 1. The van der Waals surface area contributed by atoms with Crippen molar-refractivity contribution in [2.45, 2.75) is 45.8 Å². The Morgan fingerprint density at radius 2 is 2.04 bits per heavy atom. The van der Waals surface area contributed by atoms with Crippen molar-refractivity contribution in [2.24, 2.45) is 0 Å². The quantitative estimate of drug-likeness (QED) is 0.891. The zero-order valence-electron chi connectivity index (χ0n) is 13.9. The number of carbonyl (C=O) groups excluding carboxylic acids is 1. The molecule has 0 spiro atoms. The average molecular weight is 318 g/mol. The van der Waals surface area contributed by atoms with Crippen molar-refractivity contribution in [3.8, 4) is 0 Å². The molecule has 0 radical (unpaired) electrons. The first-order valence-electron chi connectivity index (χ1n) is 7.60. The zero-order valence-corrected chi connectivity index (χ0v) is 13.9. The normalized spacial score (nSPS) is 12.7. The second-order valence-electron chi connectivity index (χ2n) is 6.52. The van der Waals surface area contributed by atoms with Gasteiger partial charge >= 0.3 is 0 Å². The predicted octanol–water partition coefficient (Wildman–Crippen LogP) is 2.89. The van der Waals surface area contributed by atoms with Crippen LogP contribution in [0.2, 0.25) is 0 Å². The number of hydrogen-bond acceptors (Lipinski definition) is 3. The molecule has 2 aromatic rings. The van der Waals surface area contributed by atoms with E-state index < -0.39 is 6.04 Å². The van der Waals surface area contributed by atoms with E-state index in [4.69, 9.17) is 0 Å². The summed E-state index contributed by atoms with van der Waals surface area (Å²) in [5.74, 6) is -0.517. The van der Waals surface area contributed by atoms with Crippen LogP contribution in [0, 0.1) is 5.82 Å². The number of benzene rings is 1. The van der Waals surface area contributed by atoms with Crippen molar-refractivity contribution in [2.75, 3.05) is 5.32 Å². The first kappa shape index (κ1) is 17.0. The number of amides is 1. The number of rotatable bonds is 5. The van der Waals surface area contributed by atoms with Crippen LogP contribution in [0.4, 0.5) is 10.1 Å². The van der Waals surface area contributed by atoms with E-state index in [2.05, 4.69) is 15.7 Å². The minimum absolute atomic E-state index is 0.115. The summed E-state index contributed by atoms with van der Waals surface area (Å²) in [4.78, 5) is 12.1. The smallest absolute Gasteiger partial charge is 0.242 e. The number of anilines is 1. The van der Waals surface area contributed by atoms with Gasteiger partial charge in [-0.25, -0.2) is 4.39 Å². The maximum absolute atomic E-state index is 13.5. The molecule has 23 heavy (non-hydrogen) atoms. The van der Waals surface area contributed by atoms with Crippen LogP contribution in [-0.4, -0.2) is 21.7 Å². The van der Waals surface area contributed by atoms with Crippen molar-refractivity contribution in [1.29, 1.82) is 0 Å². The van der Waals surface area contributed by atoms with Crippen LogP contribution in [-0.2, 0) is 16.9 Å². The Morgan fingerprint density at radius 1 is 1.35 bits per heavy atom. The average Bonchev–Trinajstić information content (AvgIpc) is 2.94. The predicted molar refractivity (Wildman–Crippen MR) is 88.6 cm³/mol. The second-order valence-corrected chi connectivity index (χ2v) is 6.52. The minimum Gasteiger partial charge on any atom is -0.371 e. The summed E-state index contributed by atoms with van der Waals surface area (Å²) in [6, 6.07) is 5.95. The van der Waals surface area contributed by atoms with E-state index >= 15 is 0 Å². The largest absolute Gasteiger partial charge is 0.371 e. The Balaban J connectivity index is 1.90. The highest BCUT2D eigenvalue weighted by molar-refractivity contribution is 5.84. The van der Waals surface area contributed by atoms with E-state index in [1.165, 1.54) is 6.07 Å². The fourth-order valence-corrected chi connectivity index (χ4v) is 2.06. The van der Waals surface area contributed by atoms with E-state index in [1.54, 1.807) is 31.3 Å². The molecule has 0 saturated carbocycles. The lowest BCUT2D eigenvalue weighted by Crippen LogP contribution is -2.37. The summed E-state index contributed by atoms with van der Waals surface area (Å²) in [6.07, 6.45) is 3.55. The van der Waals surface area contributed by atoms with Gasteiger partial charge in [-0.2, -0.15) is 5.10 Å². The Morgan fingerprint density at radius 3 is 2.65 bits per heavy atom. The maximum Gasteiger partial charge on any atom is 0.242 e. The number of nitrogens with one attached hydrogen (secondary N) is 2. The van der Waals surface area contributed by atoms with Crippen molar-refractivity contribution in [3.63, 3.8) is 0 Å². The number of hydrogen-bond donors (Lipinski definition) is 2. The summed E-state index contributed by atoms with van der Waals surface area (Å²) in [5.41, 5.74) is 1.12. The lowest BCUT2D eigenvalue weighted by atomic mass is 10.1. The summed E-state index contributed by atoms with van der Waals surface area (Å²) in [7, 11) is 0. The molecular weight excluding hydrogens is 295 g/mol. The highest BCUT2D eigenvalue weighted by Gasteiger charge is 2.17. The second kappa shape index (κ2) is 6.81. The van der Waals surface area contributed by atoms with Gasteiger partial charge in [0.2, 0.25) is 5.91 Å². The van der Waals surface area contributed by atoms with Crippen LogP contribution in [0.5, 0.6) is 0 Å². The molecule has 2 N–H and O–H groups in total. The molecule has 0 bridgehead atoms. The van der Waals surface area contributed by atoms with Crippen LogP contribution in [0.15, 0.2) is 36.7 Å². The molecule has 0 aliphatic carbocycles. The van der Waals surface area contributed by atoms with Crippen molar-refractivity contribution >= 4 is 11.6 Å². The summed E-state index contributed by atoms with van der Waals surface area (Å²) in [5, 5.41) is 10.1. The van der Waals surface area contributed by atoms with E-state index in [1.807, 2.05) is 31.6 Å². The number of nitrogens with zero attached hydrogens (tertiary/aromatic N) is 2. The van der Waals surface area contributed by atoms with Gasteiger partial charge in [-0.15, -0.1) is 0 Å². The van der Waals surface area contributed by atoms with Crippen LogP contribution < -0.4 is 10.6 Å². The van der Waals surface area contributed by atoms with Crippen LogP contribution in [0.25, 0.3) is 0 Å². The van der Waals surface area contributed by atoms with E-state index in [9.17, 15) is 9.18 Å². The molecule has 0 aliphatic rings. The minimum atomic E-state index is -0.445. The fraction of sp³-hybridized carbons (Fsp3) is 0.412. The molecule has 1 heterocycles. The number of carbonyl (C=O) groups is 1. The molecule has 1 amide bonds. The van der Waals surface area contributed by atoms with E-state index in [-0.39, 0.29) is 23.8 Å². The fourth-order valence-electron chi connectivity index (χ4n) is 2.06. The summed E-state index contributed by atoms with van der Waals surface area (Å²) in [6.45, 7) is 8.07. The van der Waals surface area contributed by atoms with Crippen LogP contribution in [0.1, 0.15) is 33.3 Å². The van der Waals surface area contributed by atoms with E-state index in [0.29, 0.717) is 5.56 Å². The zero-order chi connectivity index (χ0) is 17.0. The van der Waals surface area contributed by atoms with Gasteiger partial charge in [0.1, 0.15) is 11.9 Å². The van der Waals surface area contributed by atoms with Gasteiger partial charge in [-0.1, -0.05) is 18.2 Å². The van der Waals surface area contributed by atoms with Gasteiger partial charge in [0.15, 0.2) is 0 Å². The number of aromatic nitrogens is 2. The first-order chi connectivity index (χ1) is 10.8. The van der Waals surface area contributed by atoms with Crippen molar-refractivity contribution in [3.05, 3.63) is 48.0 Å². The Hall–Kier alpha value is -2.37. The lowest BCUT2D eigenvalue weighted by molar-refractivity contribution is -0.121. The summed E-state index contributed by atoms with van der Waals surface area (Å²) < 4.78 is 15.4. The van der Waals surface area contributed by atoms with Gasteiger partial charge in [0, 0.05) is 18.3 Å². The molecule has 124 valence electrons. The van der Waals surface area contributed by atoms with Gasteiger partial charge in [0.25, 0.3) is 0 Å². The third-order valence-electron chi connectivity index (χ3n) is 3.46. The molecule has 5 nitrogen and oxygen atoms in total. The molecule has 1 aromatic heterocycles. The summed E-state index contributed by atoms with van der Waals surface area (Å²) >= 11 is 0. The van der Waals surface area contributed by atoms with Gasteiger partial charge in [-0.3, -0.25) is 9.48 Å². The van der Waals surface area contributed by atoms with Gasteiger partial charge < -0.3 is 10.6 Å². The van der Waals surface area contributed by atoms with Gasteiger partial charge in [0.05, 0.1) is 17.4 Å². The first-order valence-corrected chi connectivity index (χ1v) is 7.60. The van der Waals surface area contributed by atoms with Crippen molar-refractivity contribution < 1.29 is 9.18 Å². The third-order valence-corrected chi connectivity index (χ3v) is 3.46.